The Balaban J connectivity index is 1.94. The van der Waals surface area contributed by atoms with Gasteiger partial charge in [-0.25, -0.2) is 5.43 Å². The lowest BCUT2D eigenvalue weighted by molar-refractivity contribution is -0.136. The topological polar surface area (TPSA) is 70.6 Å². The van der Waals surface area contributed by atoms with E-state index in [0.717, 1.165) is 10.0 Å². The van der Waals surface area contributed by atoms with Gasteiger partial charge in [0, 0.05) is 15.7 Å². The number of carbonyl (C=O) groups is 2. The zero-order valence-electron chi connectivity index (χ0n) is 11.5. The van der Waals surface area contributed by atoms with Crippen LogP contribution in [-0.2, 0) is 9.59 Å². The molecule has 0 saturated heterocycles. The summed E-state index contributed by atoms with van der Waals surface area (Å²) in [5, 5.41) is 6.76. The second-order valence-electron chi connectivity index (χ2n) is 4.30. The van der Waals surface area contributed by atoms with Crippen molar-refractivity contribution in [2.24, 2.45) is 5.10 Å². The van der Waals surface area contributed by atoms with Crippen LogP contribution in [0.3, 0.4) is 0 Å². The molecule has 23 heavy (non-hydrogen) atoms. The number of hydrogen-bond acceptors (Lipinski definition) is 3. The molecule has 8 heteroatoms. The molecule has 0 aliphatic carbocycles. The van der Waals surface area contributed by atoms with E-state index >= 15 is 0 Å². The SMILES string of the molecule is O=C(N/N=C\c1ccccc1Br)C(=O)Nc1ccc(Cl)c(Cl)c1. The van der Waals surface area contributed by atoms with Crippen molar-refractivity contribution < 1.29 is 9.59 Å². The van der Waals surface area contributed by atoms with Crippen molar-refractivity contribution in [1.29, 1.82) is 0 Å². The van der Waals surface area contributed by atoms with Gasteiger partial charge in [0.2, 0.25) is 0 Å². The highest BCUT2D eigenvalue weighted by molar-refractivity contribution is 9.10. The predicted molar refractivity (Wildman–Crippen MR) is 95.0 cm³/mol. The number of hydrazone groups is 1. The first kappa shape index (κ1) is 17.5. The average Bonchev–Trinajstić information content (AvgIpc) is 2.52. The summed E-state index contributed by atoms with van der Waals surface area (Å²) in [6.07, 6.45) is 1.43. The number of hydrogen-bond donors (Lipinski definition) is 2. The lowest BCUT2D eigenvalue weighted by atomic mass is 10.2. The van der Waals surface area contributed by atoms with Gasteiger partial charge in [-0.3, -0.25) is 9.59 Å². The Morgan fingerprint density at radius 3 is 2.48 bits per heavy atom. The van der Waals surface area contributed by atoms with Crippen molar-refractivity contribution in [2.45, 2.75) is 0 Å². The van der Waals surface area contributed by atoms with Gasteiger partial charge in [0.15, 0.2) is 0 Å². The predicted octanol–water partition coefficient (Wildman–Crippen LogP) is 3.84. The molecular formula is C15H10BrCl2N3O2. The van der Waals surface area contributed by atoms with Crippen LogP contribution in [0, 0.1) is 0 Å². The molecular weight excluding hydrogens is 405 g/mol. The molecule has 2 aromatic rings. The van der Waals surface area contributed by atoms with E-state index < -0.39 is 11.8 Å². The van der Waals surface area contributed by atoms with Crippen molar-refractivity contribution in [1.82, 2.24) is 5.43 Å². The number of carbonyl (C=O) groups excluding carboxylic acids is 2. The Morgan fingerprint density at radius 1 is 1.04 bits per heavy atom. The van der Waals surface area contributed by atoms with Crippen molar-refractivity contribution in [3.05, 3.63) is 62.5 Å². The number of nitrogens with zero attached hydrogens (tertiary/aromatic N) is 1. The molecule has 2 N–H and O–H groups in total. The smallest absolute Gasteiger partial charge is 0.318 e. The van der Waals surface area contributed by atoms with Gasteiger partial charge in [-0.1, -0.05) is 57.3 Å². The van der Waals surface area contributed by atoms with Crippen LogP contribution in [0.4, 0.5) is 5.69 Å². The minimum atomic E-state index is -0.903. The molecule has 0 aliphatic rings. The third kappa shape index (κ3) is 5.06. The highest BCUT2D eigenvalue weighted by atomic mass is 79.9. The second-order valence-corrected chi connectivity index (χ2v) is 5.97. The number of nitrogens with one attached hydrogen (secondary N) is 2. The molecule has 0 bridgehead atoms. The van der Waals surface area contributed by atoms with E-state index in [1.807, 2.05) is 18.2 Å². The molecule has 2 aromatic carbocycles. The van der Waals surface area contributed by atoms with E-state index in [9.17, 15) is 9.59 Å². The molecule has 2 amide bonds. The van der Waals surface area contributed by atoms with Gasteiger partial charge >= 0.3 is 11.8 Å². The summed E-state index contributed by atoms with van der Waals surface area (Å²) in [7, 11) is 0. The quantitative estimate of drug-likeness (QED) is 0.455. The molecule has 0 saturated carbocycles. The summed E-state index contributed by atoms with van der Waals surface area (Å²) in [6, 6.07) is 11.8. The van der Waals surface area contributed by atoms with Crippen molar-refractivity contribution in [2.75, 3.05) is 5.32 Å². The Kier molecular flexibility index (Phi) is 6.15. The van der Waals surface area contributed by atoms with Crippen molar-refractivity contribution >= 4 is 62.8 Å². The summed E-state index contributed by atoms with van der Waals surface area (Å²) in [6.45, 7) is 0. The molecule has 0 spiro atoms. The molecule has 0 unspecified atom stereocenters. The van der Waals surface area contributed by atoms with E-state index in [-0.39, 0.29) is 5.02 Å². The van der Waals surface area contributed by atoms with E-state index in [0.29, 0.717) is 10.7 Å². The van der Waals surface area contributed by atoms with Crippen LogP contribution in [-0.4, -0.2) is 18.0 Å². The van der Waals surface area contributed by atoms with Crippen LogP contribution in [0.2, 0.25) is 10.0 Å². The van der Waals surface area contributed by atoms with Gasteiger partial charge in [0.05, 0.1) is 16.3 Å². The van der Waals surface area contributed by atoms with Gasteiger partial charge in [-0.2, -0.15) is 5.10 Å². The molecule has 0 aromatic heterocycles. The fraction of sp³-hybridized carbons (Fsp3) is 0. The zero-order valence-corrected chi connectivity index (χ0v) is 14.6. The Bertz CT molecular complexity index is 781. The van der Waals surface area contributed by atoms with Crippen LogP contribution in [0.5, 0.6) is 0 Å². The monoisotopic (exact) mass is 413 g/mol. The molecule has 0 radical (unpaired) electrons. The molecule has 2 rings (SSSR count). The zero-order chi connectivity index (χ0) is 16.8. The van der Waals surface area contributed by atoms with E-state index in [1.165, 1.54) is 24.4 Å². The average molecular weight is 415 g/mol. The standard InChI is InChI=1S/C15H10BrCl2N3O2/c16-11-4-2-1-3-9(11)8-19-21-15(23)14(22)20-10-5-6-12(17)13(18)7-10/h1-8H,(H,20,22)(H,21,23)/b19-8-. The van der Waals surface area contributed by atoms with E-state index in [4.69, 9.17) is 23.2 Å². The number of rotatable bonds is 3. The van der Waals surface area contributed by atoms with Crippen molar-refractivity contribution in [3.63, 3.8) is 0 Å². The Morgan fingerprint density at radius 2 is 1.78 bits per heavy atom. The van der Waals surface area contributed by atoms with Gasteiger partial charge in [-0.05, 0) is 24.3 Å². The summed E-state index contributed by atoms with van der Waals surface area (Å²) in [5.41, 5.74) is 3.26. The maximum absolute atomic E-state index is 11.7. The lowest BCUT2D eigenvalue weighted by Gasteiger charge is -2.05. The van der Waals surface area contributed by atoms with Crippen LogP contribution in [0.15, 0.2) is 52.0 Å². The van der Waals surface area contributed by atoms with Crippen LogP contribution in [0.25, 0.3) is 0 Å². The molecule has 0 atom stereocenters. The fourth-order valence-corrected chi connectivity index (χ4v) is 2.24. The number of benzene rings is 2. The molecule has 5 nitrogen and oxygen atoms in total. The largest absolute Gasteiger partial charge is 0.329 e. The van der Waals surface area contributed by atoms with Crippen LogP contribution >= 0.6 is 39.1 Å². The van der Waals surface area contributed by atoms with Gasteiger partial charge in [0.25, 0.3) is 0 Å². The summed E-state index contributed by atoms with van der Waals surface area (Å²) in [4.78, 5) is 23.4. The summed E-state index contributed by atoms with van der Waals surface area (Å²) < 4.78 is 0.818. The first-order chi connectivity index (χ1) is 11.0. The Labute approximate surface area is 150 Å². The van der Waals surface area contributed by atoms with Gasteiger partial charge in [-0.15, -0.1) is 0 Å². The van der Waals surface area contributed by atoms with E-state index in [1.54, 1.807) is 6.07 Å². The minimum absolute atomic E-state index is 0.275. The molecule has 0 fully saturated rings. The first-order valence-corrected chi connectivity index (χ1v) is 7.86. The maximum Gasteiger partial charge on any atom is 0.329 e. The van der Waals surface area contributed by atoms with Gasteiger partial charge < -0.3 is 5.32 Å². The number of halogens is 3. The van der Waals surface area contributed by atoms with Gasteiger partial charge in [0.1, 0.15) is 0 Å². The third-order valence-corrected chi connectivity index (χ3v) is 4.12. The highest BCUT2D eigenvalue weighted by Crippen LogP contribution is 2.24. The molecule has 0 aliphatic heterocycles. The van der Waals surface area contributed by atoms with Crippen LogP contribution < -0.4 is 10.7 Å². The van der Waals surface area contributed by atoms with Crippen LogP contribution in [0.1, 0.15) is 5.56 Å². The number of anilines is 1. The summed E-state index contributed by atoms with van der Waals surface area (Å²) in [5.74, 6) is -1.77. The van der Waals surface area contributed by atoms with E-state index in [2.05, 4.69) is 31.8 Å². The number of amides is 2. The Hall–Kier alpha value is -1.89. The normalized spacial score (nSPS) is 10.6. The second kappa shape index (κ2) is 8.10. The minimum Gasteiger partial charge on any atom is -0.318 e. The third-order valence-electron chi connectivity index (χ3n) is 2.66. The first-order valence-electron chi connectivity index (χ1n) is 6.31. The molecule has 0 heterocycles. The van der Waals surface area contributed by atoms with Crippen molar-refractivity contribution in [3.8, 4) is 0 Å². The summed E-state index contributed by atoms with van der Waals surface area (Å²) >= 11 is 14.9. The highest BCUT2D eigenvalue weighted by Gasteiger charge is 2.13. The fourth-order valence-electron chi connectivity index (χ4n) is 1.55. The lowest BCUT2D eigenvalue weighted by Crippen LogP contribution is -2.32. The maximum atomic E-state index is 11.7. The molecule has 118 valence electrons.